The second-order valence-corrected chi connectivity index (χ2v) is 5.59. The Bertz CT molecular complexity index is 996. The highest BCUT2D eigenvalue weighted by molar-refractivity contribution is 5.81. The number of aromatic nitrogens is 1. The van der Waals surface area contributed by atoms with Gasteiger partial charge in [-0.15, -0.1) is 0 Å². The lowest BCUT2D eigenvalue weighted by Gasteiger charge is -2.14. The van der Waals surface area contributed by atoms with Gasteiger partial charge in [-0.3, -0.25) is 4.98 Å². The van der Waals surface area contributed by atoms with Crippen molar-refractivity contribution in [3.63, 3.8) is 0 Å². The summed E-state index contributed by atoms with van der Waals surface area (Å²) >= 11 is 0. The Morgan fingerprint density at radius 2 is 1.48 bits per heavy atom. The molecule has 3 rings (SSSR count). The number of anilines is 1. The van der Waals surface area contributed by atoms with Crippen LogP contribution in [0.2, 0.25) is 0 Å². The first-order chi connectivity index (χ1) is 13.0. The smallest absolute Gasteiger partial charge is 0.417 e. The number of H-pyrrole nitrogens is 1. The van der Waals surface area contributed by atoms with Crippen molar-refractivity contribution < 1.29 is 23.4 Å². The molecular weight excluding hydrogens is 352 g/mol. The van der Waals surface area contributed by atoms with Crippen molar-refractivity contribution in [3.05, 3.63) is 40.9 Å². The van der Waals surface area contributed by atoms with Gasteiger partial charge in [-0.05, 0) is 30.3 Å². The number of methoxy groups -OCH3 is 4. The average molecular weight is 372 g/mol. The molecule has 0 bridgehead atoms. The summed E-state index contributed by atoms with van der Waals surface area (Å²) in [5.74, 6) is 1.59. The first-order valence-electron chi connectivity index (χ1n) is 7.99. The highest BCUT2D eigenvalue weighted by Gasteiger charge is 2.20. The van der Waals surface area contributed by atoms with E-state index in [9.17, 15) is 4.79 Å². The van der Waals surface area contributed by atoms with Crippen LogP contribution in [0, 0.1) is 0 Å². The normalized spacial score (nSPS) is 10.5. The molecule has 8 nitrogen and oxygen atoms in total. The molecule has 0 atom stereocenters. The van der Waals surface area contributed by atoms with Crippen molar-refractivity contribution >= 4 is 5.69 Å². The molecule has 0 spiro atoms. The van der Waals surface area contributed by atoms with Gasteiger partial charge in [0.1, 0.15) is 5.75 Å². The molecule has 1 heterocycles. The first-order valence-corrected chi connectivity index (χ1v) is 7.99. The third kappa shape index (κ3) is 3.29. The number of aromatic amines is 1. The molecule has 0 amide bonds. The molecule has 8 heteroatoms. The minimum atomic E-state index is -0.594. The molecule has 27 heavy (non-hydrogen) atoms. The van der Waals surface area contributed by atoms with Crippen molar-refractivity contribution in [1.29, 1.82) is 0 Å². The van der Waals surface area contributed by atoms with Gasteiger partial charge < -0.3 is 29.1 Å². The van der Waals surface area contributed by atoms with Crippen LogP contribution >= 0.6 is 0 Å². The van der Waals surface area contributed by atoms with Gasteiger partial charge in [0.2, 0.25) is 5.75 Å². The van der Waals surface area contributed by atoms with E-state index in [2.05, 4.69) is 4.98 Å². The van der Waals surface area contributed by atoms with Crippen molar-refractivity contribution in [2.45, 2.75) is 0 Å². The van der Waals surface area contributed by atoms with E-state index in [4.69, 9.17) is 29.1 Å². The molecule has 3 N–H and O–H groups in total. The zero-order chi connectivity index (χ0) is 19.6. The van der Waals surface area contributed by atoms with Crippen molar-refractivity contribution in [1.82, 2.24) is 4.98 Å². The van der Waals surface area contributed by atoms with Crippen LogP contribution in [-0.2, 0) is 0 Å². The standard InChI is InChI=1S/C19H20N2O6/c1-23-13-6-5-10(7-12(13)20)16-17(27-19(22)21-16)11-8-14(24-2)18(26-4)15(9-11)25-3/h5-9H,20H2,1-4H3,(H,21,22). The molecule has 0 unspecified atom stereocenters. The largest absolute Gasteiger partial charge is 0.495 e. The fraction of sp³-hybridized carbons (Fsp3) is 0.211. The van der Waals surface area contributed by atoms with E-state index in [1.807, 2.05) is 0 Å². The highest BCUT2D eigenvalue weighted by Crippen LogP contribution is 2.43. The molecule has 0 saturated heterocycles. The van der Waals surface area contributed by atoms with E-state index in [-0.39, 0.29) is 0 Å². The molecule has 2 aromatic carbocycles. The summed E-state index contributed by atoms with van der Waals surface area (Å²) in [5, 5.41) is 0. The third-order valence-corrected chi connectivity index (χ3v) is 4.09. The van der Waals surface area contributed by atoms with Gasteiger partial charge >= 0.3 is 5.76 Å². The SMILES string of the molecule is COc1ccc(-c2[nH]c(=O)oc2-c2cc(OC)c(OC)c(OC)c2)cc1N. The lowest BCUT2D eigenvalue weighted by molar-refractivity contribution is 0.324. The second-order valence-electron chi connectivity index (χ2n) is 5.59. The van der Waals surface area contributed by atoms with Gasteiger partial charge in [-0.25, -0.2) is 4.79 Å². The number of nitrogens with two attached hydrogens (primary N) is 1. The summed E-state index contributed by atoms with van der Waals surface area (Å²) in [4.78, 5) is 14.6. The number of benzene rings is 2. The molecule has 0 radical (unpaired) electrons. The van der Waals surface area contributed by atoms with E-state index in [0.717, 1.165) is 0 Å². The summed E-state index contributed by atoms with van der Waals surface area (Å²) in [5.41, 5.74) is 8.15. The number of hydrogen-bond donors (Lipinski definition) is 2. The predicted molar refractivity (Wildman–Crippen MR) is 101 cm³/mol. The van der Waals surface area contributed by atoms with Gasteiger partial charge in [0, 0.05) is 11.1 Å². The summed E-state index contributed by atoms with van der Waals surface area (Å²) in [7, 11) is 6.08. The number of hydrogen-bond acceptors (Lipinski definition) is 7. The summed E-state index contributed by atoms with van der Waals surface area (Å²) < 4.78 is 26.6. The van der Waals surface area contributed by atoms with Gasteiger partial charge in [0.05, 0.1) is 39.8 Å². The van der Waals surface area contributed by atoms with E-state index < -0.39 is 5.76 Å². The Labute approximate surface area is 155 Å². The lowest BCUT2D eigenvalue weighted by Crippen LogP contribution is -1.96. The molecule has 0 fully saturated rings. The molecule has 1 aromatic heterocycles. The Morgan fingerprint density at radius 3 is 2.00 bits per heavy atom. The van der Waals surface area contributed by atoms with Crippen LogP contribution < -0.4 is 30.4 Å². The quantitative estimate of drug-likeness (QED) is 0.640. The van der Waals surface area contributed by atoms with E-state index in [1.165, 1.54) is 28.4 Å². The Balaban J connectivity index is 2.20. The number of rotatable bonds is 6. The zero-order valence-corrected chi connectivity index (χ0v) is 15.4. The maximum absolute atomic E-state index is 11.9. The Morgan fingerprint density at radius 1 is 0.852 bits per heavy atom. The van der Waals surface area contributed by atoms with Gasteiger partial charge in [-0.2, -0.15) is 0 Å². The minimum absolute atomic E-state index is 0.323. The van der Waals surface area contributed by atoms with E-state index in [0.29, 0.717) is 51.3 Å². The summed E-state index contributed by atoms with van der Waals surface area (Å²) in [6.07, 6.45) is 0. The maximum atomic E-state index is 11.9. The van der Waals surface area contributed by atoms with Gasteiger partial charge in [-0.1, -0.05) is 0 Å². The Hall–Kier alpha value is -3.55. The van der Waals surface area contributed by atoms with Crippen LogP contribution in [0.3, 0.4) is 0 Å². The average Bonchev–Trinajstić information content (AvgIpc) is 3.08. The van der Waals surface area contributed by atoms with Crippen LogP contribution in [0.15, 0.2) is 39.5 Å². The number of nitrogens with one attached hydrogen (secondary N) is 1. The van der Waals surface area contributed by atoms with Crippen molar-refractivity contribution in [2.75, 3.05) is 34.2 Å². The molecule has 0 aliphatic carbocycles. The number of oxazole rings is 1. The van der Waals surface area contributed by atoms with Crippen LogP contribution in [0.4, 0.5) is 5.69 Å². The summed E-state index contributed by atoms with van der Waals surface area (Å²) in [6, 6.07) is 8.58. The monoisotopic (exact) mass is 372 g/mol. The van der Waals surface area contributed by atoms with Crippen molar-refractivity contribution in [3.8, 4) is 45.6 Å². The summed E-state index contributed by atoms with van der Waals surface area (Å²) in [6.45, 7) is 0. The topological polar surface area (TPSA) is 109 Å². The highest BCUT2D eigenvalue weighted by atomic mass is 16.5. The maximum Gasteiger partial charge on any atom is 0.417 e. The second kappa shape index (κ2) is 7.36. The number of ether oxygens (including phenoxy) is 4. The molecule has 3 aromatic rings. The minimum Gasteiger partial charge on any atom is -0.495 e. The Kier molecular flexibility index (Phi) is 4.98. The predicted octanol–water partition coefficient (Wildman–Crippen LogP) is 2.92. The van der Waals surface area contributed by atoms with Crippen LogP contribution in [0.1, 0.15) is 0 Å². The molecular formula is C19H20N2O6. The van der Waals surface area contributed by atoms with Gasteiger partial charge in [0.15, 0.2) is 17.3 Å². The van der Waals surface area contributed by atoms with Crippen LogP contribution in [0.25, 0.3) is 22.6 Å². The molecule has 0 saturated carbocycles. The third-order valence-electron chi connectivity index (χ3n) is 4.09. The van der Waals surface area contributed by atoms with Gasteiger partial charge in [0.25, 0.3) is 0 Å². The fourth-order valence-corrected chi connectivity index (χ4v) is 2.84. The lowest BCUT2D eigenvalue weighted by atomic mass is 10.0. The van der Waals surface area contributed by atoms with Crippen LogP contribution in [0.5, 0.6) is 23.0 Å². The van der Waals surface area contributed by atoms with E-state index in [1.54, 1.807) is 30.3 Å². The molecule has 142 valence electrons. The molecule has 0 aliphatic heterocycles. The number of nitrogen functional groups attached to an aromatic ring is 1. The van der Waals surface area contributed by atoms with Crippen LogP contribution in [-0.4, -0.2) is 33.4 Å². The zero-order valence-electron chi connectivity index (χ0n) is 15.4. The molecule has 0 aliphatic rings. The fourth-order valence-electron chi connectivity index (χ4n) is 2.84. The first kappa shape index (κ1) is 18.2. The van der Waals surface area contributed by atoms with Crippen molar-refractivity contribution in [2.24, 2.45) is 0 Å². The van der Waals surface area contributed by atoms with E-state index >= 15 is 0 Å².